The van der Waals surface area contributed by atoms with E-state index in [1.54, 1.807) is 0 Å². The minimum Gasteiger partial charge on any atom is -0.353 e. The molecule has 0 rings (SSSR count). The largest absolute Gasteiger partial charge is 0.353 e. The van der Waals surface area contributed by atoms with Gasteiger partial charge in [0.05, 0.1) is 6.54 Å². The highest BCUT2D eigenvalue weighted by Crippen LogP contribution is 2.06. The summed E-state index contributed by atoms with van der Waals surface area (Å²) in [6.07, 6.45) is 3.33. The lowest BCUT2D eigenvalue weighted by Crippen LogP contribution is -2.40. The fourth-order valence-corrected chi connectivity index (χ4v) is 1.68. The normalized spacial score (nSPS) is 13.2. The molecule has 1 amide bonds. The number of amides is 1. The monoisotopic (exact) mass is 228 g/mol. The van der Waals surface area contributed by atoms with Crippen molar-refractivity contribution in [3.8, 4) is 0 Å². The molecule has 1 N–H and O–H groups in total. The Bertz CT molecular complexity index is 192. The second-order valence-electron chi connectivity index (χ2n) is 5.18. The molecule has 0 aliphatic carbocycles. The molecule has 0 aliphatic rings. The van der Waals surface area contributed by atoms with Crippen LogP contribution >= 0.6 is 0 Å². The Balaban J connectivity index is 3.69. The Morgan fingerprint density at radius 1 is 1.25 bits per heavy atom. The average Bonchev–Trinajstić information content (AvgIpc) is 2.14. The van der Waals surface area contributed by atoms with E-state index in [1.165, 1.54) is 6.42 Å². The van der Waals surface area contributed by atoms with Crippen molar-refractivity contribution >= 4 is 5.91 Å². The van der Waals surface area contributed by atoms with E-state index in [1.807, 2.05) is 7.05 Å². The van der Waals surface area contributed by atoms with Crippen molar-refractivity contribution in [3.63, 3.8) is 0 Å². The molecule has 0 heterocycles. The Kier molecular flexibility index (Phi) is 8.26. The van der Waals surface area contributed by atoms with Crippen molar-refractivity contribution in [2.24, 2.45) is 5.92 Å². The predicted molar refractivity (Wildman–Crippen MR) is 69.5 cm³/mol. The van der Waals surface area contributed by atoms with Crippen LogP contribution in [-0.2, 0) is 4.79 Å². The topological polar surface area (TPSA) is 32.3 Å². The zero-order chi connectivity index (χ0) is 12.6. The molecule has 0 aromatic carbocycles. The zero-order valence-corrected chi connectivity index (χ0v) is 11.5. The molecule has 0 radical (unpaired) electrons. The molecule has 0 fully saturated rings. The smallest absolute Gasteiger partial charge is 0.234 e. The quantitative estimate of drug-likeness (QED) is 0.691. The van der Waals surface area contributed by atoms with Gasteiger partial charge in [-0.15, -0.1) is 0 Å². The van der Waals surface area contributed by atoms with Crippen molar-refractivity contribution in [3.05, 3.63) is 0 Å². The summed E-state index contributed by atoms with van der Waals surface area (Å²) in [6, 6.07) is 0.296. The molecular formula is C13H28N2O. The van der Waals surface area contributed by atoms with Crippen molar-refractivity contribution in [2.75, 3.05) is 20.1 Å². The first-order valence-electron chi connectivity index (χ1n) is 6.43. The molecule has 3 heteroatoms. The summed E-state index contributed by atoms with van der Waals surface area (Å²) >= 11 is 0. The SMILES string of the molecule is CCCN(C)CC(=O)NC(C)CCC(C)C. The van der Waals surface area contributed by atoms with E-state index in [2.05, 4.69) is 37.9 Å². The van der Waals surface area contributed by atoms with E-state index in [-0.39, 0.29) is 5.91 Å². The maximum atomic E-state index is 11.6. The van der Waals surface area contributed by atoms with Gasteiger partial charge >= 0.3 is 0 Å². The lowest BCUT2D eigenvalue weighted by molar-refractivity contribution is -0.122. The molecule has 0 saturated heterocycles. The van der Waals surface area contributed by atoms with Crippen LogP contribution in [0.25, 0.3) is 0 Å². The van der Waals surface area contributed by atoms with E-state index in [0.29, 0.717) is 18.5 Å². The maximum Gasteiger partial charge on any atom is 0.234 e. The van der Waals surface area contributed by atoms with Crippen LogP contribution in [0.3, 0.4) is 0 Å². The number of hydrogen-bond acceptors (Lipinski definition) is 2. The minimum absolute atomic E-state index is 0.146. The highest BCUT2D eigenvalue weighted by atomic mass is 16.2. The van der Waals surface area contributed by atoms with E-state index in [0.717, 1.165) is 19.4 Å². The fraction of sp³-hybridized carbons (Fsp3) is 0.923. The molecule has 0 aromatic rings. The van der Waals surface area contributed by atoms with Gasteiger partial charge in [-0.3, -0.25) is 9.69 Å². The molecule has 3 nitrogen and oxygen atoms in total. The van der Waals surface area contributed by atoms with Crippen LogP contribution in [-0.4, -0.2) is 37.0 Å². The summed E-state index contributed by atoms with van der Waals surface area (Å²) in [6.45, 7) is 10.1. The standard InChI is InChI=1S/C13H28N2O/c1-6-9-15(5)10-13(16)14-12(4)8-7-11(2)3/h11-12H,6-10H2,1-5H3,(H,14,16). The summed E-state index contributed by atoms with van der Waals surface area (Å²) in [5.74, 6) is 0.856. The van der Waals surface area contributed by atoms with Gasteiger partial charge in [-0.25, -0.2) is 0 Å². The Labute approximate surface area is 101 Å². The van der Waals surface area contributed by atoms with Gasteiger partial charge in [0.2, 0.25) is 5.91 Å². The van der Waals surface area contributed by atoms with Gasteiger partial charge < -0.3 is 5.32 Å². The van der Waals surface area contributed by atoms with Crippen molar-refractivity contribution in [2.45, 2.75) is 53.0 Å². The molecular weight excluding hydrogens is 200 g/mol. The van der Waals surface area contributed by atoms with Crippen LogP contribution in [0.4, 0.5) is 0 Å². The molecule has 1 unspecified atom stereocenters. The van der Waals surface area contributed by atoms with Crippen LogP contribution in [0.15, 0.2) is 0 Å². The molecule has 0 aliphatic heterocycles. The number of carbonyl (C=O) groups is 1. The third-order valence-corrected chi connectivity index (χ3v) is 2.60. The number of rotatable bonds is 8. The van der Waals surface area contributed by atoms with Gasteiger partial charge in [0, 0.05) is 6.04 Å². The first kappa shape index (κ1) is 15.4. The van der Waals surface area contributed by atoms with Crippen molar-refractivity contribution < 1.29 is 4.79 Å². The van der Waals surface area contributed by atoms with Gasteiger partial charge in [-0.05, 0) is 45.7 Å². The van der Waals surface area contributed by atoms with E-state index >= 15 is 0 Å². The second kappa shape index (κ2) is 8.57. The number of nitrogens with one attached hydrogen (secondary N) is 1. The molecule has 1 atom stereocenters. The van der Waals surface area contributed by atoms with Crippen LogP contribution in [0.5, 0.6) is 0 Å². The third-order valence-electron chi connectivity index (χ3n) is 2.60. The summed E-state index contributed by atoms with van der Waals surface area (Å²) in [5.41, 5.74) is 0. The second-order valence-corrected chi connectivity index (χ2v) is 5.18. The third kappa shape index (κ3) is 8.72. The maximum absolute atomic E-state index is 11.6. The summed E-state index contributed by atoms with van der Waals surface area (Å²) in [5, 5.41) is 3.04. The first-order valence-corrected chi connectivity index (χ1v) is 6.43. The number of likely N-dealkylation sites (N-methyl/N-ethyl adjacent to an activating group) is 1. The van der Waals surface area contributed by atoms with Gasteiger partial charge in [0.15, 0.2) is 0 Å². The van der Waals surface area contributed by atoms with Crippen LogP contribution in [0, 0.1) is 5.92 Å². The first-order chi connectivity index (χ1) is 7.45. The zero-order valence-electron chi connectivity index (χ0n) is 11.5. The average molecular weight is 228 g/mol. The van der Waals surface area contributed by atoms with Gasteiger partial charge in [0.1, 0.15) is 0 Å². The van der Waals surface area contributed by atoms with Crippen LogP contribution in [0.2, 0.25) is 0 Å². The number of nitrogens with zero attached hydrogens (tertiary/aromatic N) is 1. The summed E-state index contributed by atoms with van der Waals surface area (Å²) in [7, 11) is 1.99. The highest BCUT2D eigenvalue weighted by molar-refractivity contribution is 5.78. The number of carbonyl (C=O) groups excluding carboxylic acids is 1. The minimum atomic E-state index is 0.146. The lowest BCUT2D eigenvalue weighted by atomic mass is 10.0. The van der Waals surface area contributed by atoms with E-state index in [4.69, 9.17) is 0 Å². The highest BCUT2D eigenvalue weighted by Gasteiger charge is 2.09. The molecule has 0 bridgehead atoms. The summed E-state index contributed by atoms with van der Waals surface area (Å²) in [4.78, 5) is 13.7. The summed E-state index contributed by atoms with van der Waals surface area (Å²) < 4.78 is 0. The van der Waals surface area contributed by atoms with E-state index < -0.39 is 0 Å². The lowest BCUT2D eigenvalue weighted by Gasteiger charge is -2.18. The molecule has 0 spiro atoms. The van der Waals surface area contributed by atoms with Crippen molar-refractivity contribution in [1.82, 2.24) is 10.2 Å². The van der Waals surface area contributed by atoms with Crippen molar-refractivity contribution in [1.29, 1.82) is 0 Å². The fourth-order valence-electron chi connectivity index (χ4n) is 1.68. The molecule has 0 aromatic heterocycles. The van der Waals surface area contributed by atoms with Crippen LogP contribution in [0.1, 0.15) is 47.0 Å². The van der Waals surface area contributed by atoms with Crippen LogP contribution < -0.4 is 5.32 Å². The predicted octanol–water partition coefficient (Wildman–Crippen LogP) is 2.27. The number of hydrogen-bond donors (Lipinski definition) is 1. The Morgan fingerprint density at radius 3 is 2.38 bits per heavy atom. The van der Waals surface area contributed by atoms with Gasteiger partial charge in [-0.2, -0.15) is 0 Å². The molecule has 0 saturated carbocycles. The Morgan fingerprint density at radius 2 is 1.88 bits per heavy atom. The molecule has 96 valence electrons. The molecule has 16 heavy (non-hydrogen) atoms. The van der Waals surface area contributed by atoms with Gasteiger partial charge in [0.25, 0.3) is 0 Å². The van der Waals surface area contributed by atoms with E-state index in [9.17, 15) is 4.79 Å². The Hall–Kier alpha value is -0.570. The van der Waals surface area contributed by atoms with Gasteiger partial charge in [-0.1, -0.05) is 20.8 Å².